The van der Waals surface area contributed by atoms with Crippen LogP contribution in [0, 0.1) is 3.57 Å². The van der Waals surface area contributed by atoms with Gasteiger partial charge >= 0.3 is 6.18 Å². The number of benzene rings is 3. The molecule has 3 rings (SSSR count). The second kappa shape index (κ2) is 11.2. The van der Waals surface area contributed by atoms with Gasteiger partial charge in [-0.1, -0.05) is 48.5 Å². The van der Waals surface area contributed by atoms with E-state index in [2.05, 4.69) is 33.1 Å². The maximum absolute atomic E-state index is 12.8. The molecule has 0 bridgehead atoms. The Morgan fingerprint density at radius 3 is 2.48 bits per heavy atom. The number of hydrazone groups is 1. The third kappa shape index (κ3) is 7.21. The lowest BCUT2D eigenvalue weighted by molar-refractivity contribution is -0.137. The molecular formula is C24H20F3IN2O3. The van der Waals surface area contributed by atoms with Gasteiger partial charge in [0.1, 0.15) is 6.61 Å². The number of carbonyl (C=O) groups excluding carboxylic acids is 1. The summed E-state index contributed by atoms with van der Waals surface area (Å²) in [6.45, 7) is 0.381. The number of methoxy groups -OCH3 is 1. The van der Waals surface area contributed by atoms with Crippen LogP contribution in [-0.2, 0) is 24.0 Å². The van der Waals surface area contributed by atoms with Crippen LogP contribution >= 0.6 is 22.6 Å². The number of halogens is 4. The van der Waals surface area contributed by atoms with Gasteiger partial charge in [0, 0.05) is 0 Å². The van der Waals surface area contributed by atoms with Gasteiger partial charge < -0.3 is 9.47 Å². The zero-order valence-electron chi connectivity index (χ0n) is 17.5. The minimum Gasteiger partial charge on any atom is -0.493 e. The molecular weight excluding hydrogens is 548 g/mol. The molecule has 0 atom stereocenters. The molecule has 0 aliphatic carbocycles. The lowest BCUT2D eigenvalue weighted by Crippen LogP contribution is -2.20. The van der Waals surface area contributed by atoms with E-state index in [9.17, 15) is 18.0 Å². The fourth-order valence-electron chi connectivity index (χ4n) is 2.95. The maximum atomic E-state index is 12.8. The van der Waals surface area contributed by atoms with Crippen LogP contribution in [0.15, 0.2) is 71.8 Å². The van der Waals surface area contributed by atoms with E-state index in [1.165, 1.54) is 25.5 Å². The Balaban J connectivity index is 1.62. The van der Waals surface area contributed by atoms with E-state index in [1.807, 2.05) is 36.4 Å². The smallest absolute Gasteiger partial charge is 0.416 e. The predicted molar refractivity (Wildman–Crippen MR) is 127 cm³/mol. The molecule has 0 spiro atoms. The summed E-state index contributed by atoms with van der Waals surface area (Å²) in [6.07, 6.45) is -3.26. The number of ether oxygens (including phenoxy) is 2. The second-order valence-electron chi connectivity index (χ2n) is 6.98. The standard InChI is InChI=1S/C24H20F3IN2O3/c1-32-21-12-18(11-20(28)23(21)33-15-16-6-3-2-4-7-16)14-29-30-22(31)13-17-8-5-9-19(10-17)24(25,26)27/h2-12,14H,13,15H2,1H3,(H,30,31)/b29-14-. The quantitative estimate of drug-likeness (QED) is 0.219. The number of alkyl halides is 3. The van der Waals surface area contributed by atoms with E-state index in [0.717, 1.165) is 21.3 Å². The number of nitrogens with one attached hydrogen (secondary N) is 1. The maximum Gasteiger partial charge on any atom is 0.416 e. The average Bonchev–Trinajstić information content (AvgIpc) is 2.78. The van der Waals surface area contributed by atoms with Crippen molar-refractivity contribution in [2.24, 2.45) is 5.10 Å². The van der Waals surface area contributed by atoms with Gasteiger partial charge in [-0.2, -0.15) is 18.3 Å². The van der Waals surface area contributed by atoms with E-state index in [0.29, 0.717) is 23.7 Å². The van der Waals surface area contributed by atoms with E-state index in [1.54, 1.807) is 6.07 Å². The Morgan fingerprint density at radius 1 is 1.06 bits per heavy atom. The zero-order valence-corrected chi connectivity index (χ0v) is 19.7. The van der Waals surface area contributed by atoms with Crippen molar-refractivity contribution in [1.82, 2.24) is 5.43 Å². The van der Waals surface area contributed by atoms with Gasteiger partial charge in [0.05, 0.1) is 28.9 Å². The molecule has 3 aromatic carbocycles. The number of carbonyl (C=O) groups is 1. The molecule has 0 aliphatic heterocycles. The lowest BCUT2D eigenvalue weighted by atomic mass is 10.1. The van der Waals surface area contributed by atoms with Crippen LogP contribution in [0.25, 0.3) is 0 Å². The highest BCUT2D eigenvalue weighted by Gasteiger charge is 2.30. The number of nitrogens with zero attached hydrogens (tertiary/aromatic N) is 1. The molecule has 0 aliphatic rings. The van der Waals surface area contributed by atoms with Crippen molar-refractivity contribution in [3.05, 3.63) is 92.6 Å². The Bertz CT molecular complexity index is 1140. The highest BCUT2D eigenvalue weighted by Crippen LogP contribution is 2.34. The molecule has 0 radical (unpaired) electrons. The molecule has 1 amide bonds. The normalized spacial score (nSPS) is 11.4. The van der Waals surface area contributed by atoms with Crippen molar-refractivity contribution >= 4 is 34.7 Å². The summed E-state index contributed by atoms with van der Waals surface area (Å²) < 4.78 is 50.6. The Kier molecular flexibility index (Phi) is 8.32. The van der Waals surface area contributed by atoms with Crippen LogP contribution in [0.1, 0.15) is 22.3 Å². The van der Waals surface area contributed by atoms with Crippen molar-refractivity contribution in [2.75, 3.05) is 7.11 Å². The Morgan fingerprint density at radius 2 is 1.79 bits per heavy atom. The van der Waals surface area contributed by atoms with Gasteiger partial charge in [-0.15, -0.1) is 0 Å². The van der Waals surface area contributed by atoms with Gasteiger partial charge in [0.25, 0.3) is 0 Å². The van der Waals surface area contributed by atoms with Crippen LogP contribution in [0.5, 0.6) is 11.5 Å². The van der Waals surface area contributed by atoms with Crippen molar-refractivity contribution in [3.8, 4) is 11.5 Å². The molecule has 172 valence electrons. The number of rotatable bonds is 8. The van der Waals surface area contributed by atoms with E-state index in [4.69, 9.17) is 9.47 Å². The van der Waals surface area contributed by atoms with E-state index in [-0.39, 0.29) is 12.0 Å². The van der Waals surface area contributed by atoms with Crippen molar-refractivity contribution in [2.45, 2.75) is 19.2 Å². The summed E-state index contributed by atoms with van der Waals surface area (Å²) in [7, 11) is 1.53. The third-order valence-corrected chi connectivity index (χ3v) is 5.30. The minimum atomic E-state index is -4.46. The van der Waals surface area contributed by atoms with Crippen LogP contribution < -0.4 is 14.9 Å². The monoisotopic (exact) mass is 568 g/mol. The van der Waals surface area contributed by atoms with Gasteiger partial charge in [0.15, 0.2) is 11.5 Å². The van der Waals surface area contributed by atoms with Crippen molar-refractivity contribution < 1.29 is 27.4 Å². The first kappa shape index (κ1) is 24.6. The second-order valence-corrected chi connectivity index (χ2v) is 8.14. The van der Waals surface area contributed by atoms with Gasteiger partial charge in [0.2, 0.25) is 5.91 Å². The summed E-state index contributed by atoms with van der Waals surface area (Å²) in [4.78, 5) is 12.1. The average molecular weight is 568 g/mol. The van der Waals surface area contributed by atoms with Crippen LogP contribution in [0.3, 0.4) is 0 Å². The lowest BCUT2D eigenvalue weighted by Gasteiger charge is -2.13. The molecule has 1 N–H and O–H groups in total. The topological polar surface area (TPSA) is 59.9 Å². The van der Waals surface area contributed by atoms with Crippen LogP contribution in [0.4, 0.5) is 13.2 Å². The molecule has 0 saturated carbocycles. The van der Waals surface area contributed by atoms with E-state index >= 15 is 0 Å². The summed E-state index contributed by atoms with van der Waals surface area (Å²) in [5.41, 5.74) is 3.45. The van der Waals surface area contributed by atoms with Crippen LogP contribution in [-0.4, -0.2) is 19.2 Å². The van der Waals surface area contributed by atoms with Gasteiger partial charge in [-0.05, 0) is 57.5 Å². The molecule has 0 heterocycles. The molecule has 5 nitrogen and oxygen atoms in total. The summed E-state index contributed by atoms with van der Waals surface area (Å²) >= 11 is 2.12. The van der Waals surface area contributed by atoms with Crippen molar-refractivity contribution in [3.63, 3.8) is 0 Å². The fraction of sp³-hybridized carbons (Fsp3) is 0.167. The van der Waals surface area contributed by atoms with Gasteiger partial charge in [-0.25, -0.2) is 5.43 Å². The summed E-state index contributed by atoms with van der Waals surface area (Å²) in [6, 6.07) is 17.9. The van der Waals surface area contributed by atoms with Crippen LogP contribution in [0.2, 0.25) is 0 Å². The highest BCUT2D eigenvalue weighted by atomic mass is 127. The molecule has 3 aromatic rings. The summed E-state index contributed by atoms with van der Waals surface area (Å²) in [5.74, 6) is 0.567. The zero-order chi connectivity index (χ0) is 23.8. The van der Waals surface area contributed by atoms with Gasteiger partial charge in [-0.3, -0.25) is 4.79 Å². The number of amides is 1. The Labute approximate surface area is 202 Å². The third-order valence-electron chi connectivity index (χ3n) is 4.50. The van der Waals surface area contributed by atoms with Crippen molar-refractivity contribution in [1.29, 1.82) is 0 Å². The molecule has 0 aromatic heterocycles. The minimum absolute atomic E-state index is 0.228. The molecule has 0 fully saturated rings. The fourth-order valence-corrected chi connectivity index (χ4v) is 3.73. The Hall–Kier alpha value is -3.08. The SMILES string of the molecule is COc1cc(/C=N\NC(=O)Cc2cccc(C(F)(F)F)c2)cc(I)c1OCc1ccccc1. The molecule has 9 heteroatoms. The number of hydrogen-bond acceptors (Lipinski definition) is 4. The van der Waals surface area contributed by atoms with E-state index < -0.39 is 17.6 Å². The number of hydrogen-bond donors (Lipinski definition) is 1. The first-order valence-electron chi connectivity index (χ1n) is 9.78. The first-order chi connectivity index (χ1) is 15.8. The molecule has 33 heavy (non-hydrogen) atoms. The molecule has 0 saturated heterocycles. The predicted octanol–water partition coefficient (Wildman–Crippen LogP) is 5.59. The largest absolute Gasteiger partial charge is 0.493 e. The summed E-state index contributed by atoms with van der Waals surface area (Å²) in [5, 5.41) is 3.90. The highest BCUT2D eigenvalue weighted by molar-refractivity contribution is 14.1. The molecule has 0 unspecified atom stereocenters. The first-order valence-corrected chi connectivity index (χ1v) is 10.9.